The number of pyridine rings is 1. The molecular formula is C31H28BrCl2F3N4OS. The monoisotopic (exact) mass is 710 g/mol. The van der Waals surface area contributed by atoms with Gasteiger partial charge in [0.1, 0.15) is 0 Å². The van der Waals surface area contributed by atoms with E-state index in [4.69, 9.17) is 28.2 Å². The van der Waals surface area contributed by atoms with Gasteiger partial charge in [0, 0.05) is 67.8 Å². The molecule has 0 aliphatic heterocycles. The molecule has 12 heteroatoms. The van der Waals surface area contributed by atoms with Gasteiger partial charge in [-0.25, -0.2) is 0 Å². The summed E-state index contributed by atoms with van der Waals surface area (Å²) >= 11 is 16.1. The molecule has 1 aromatic heterocycles. The number of aromatic nitrogens is 1. The quantitative estimate of drug-likeness (QED) is 0.121. The molecule has 226 valence electrons. The number of hydrogen-bond acceptors (Lipinski definition) is 5. The van der Waals surface area contributed by atoms with Crippen molar-refractivity contribution in [3.05, 3.63) is 104 Å². The second-order valence-corrected chi connectivity index (χ2v) is 12.8. The molecule has 43 heavy (non-hydrogen) atoms. The van der Waals surface area contributed by atoms with Crippen molar-refractivity contribution in [2.45, 2.75) is 23.5 Å². The summed E-state index contributed by atoms with van der Waals surface area (Å²) in [5, 5.41) is 7.27. The third-order valence-corrected chi connectivity index (χ3v) is 8.16. The number of nitrogens with one attached hydrogen (secondary N) is 2. The third-order valence-electron chi connectivity index (χ3n) is 6.35. The number of alkyl halides is 3. The largest absolute Gasteiger partial charge is 0.446 e. The summed E-state index contributed by atoms with van der Waals surface area (Å²) in [5.74, 6) is -0.418. The van der Waals surface area contributed by atoms with Crippen molar-refractivity contribution in [2.24, 2.45) is 0 Å². The van der Waals surface area contributed by atoms with Crippen molar-refractivity contribution in [3.63, 3.8) is 0 Å². The predicted molar refractivity (Wildman–Crippen MR) is 173 cm³/mol. The Morgan fingerprint density at radius 1 is 0.953 bits per heavy atom. The van der Waals surface area contributed by atoms with E-state index in [9.17, 15) is 18.0 Å². The highest BCUT2D eigenvalue weighted by atomic mass is 79.9. The van der Waals surface area contributed by atoms with E-state index in [2.05, 4.69) is 31.5 Å². The van der Waals surface area contributed by atoms with Gasteiger partial charge >= 0.3 is 5.51 Å². The smallest absolute Gasteiger partial charge is 0.348 e. The lowest BCUT2D eigenvalue weighted by Gasteiger charge is -2.18. The molecule has 0 unspecified atom stereocenters. The lowest BCUT2D eigenvalue weighted by atomic mass is 9.96. The molecule has 5 nitrogen and oxygen atoms in total. The second-order valence-electron chi connectivity index (χ2n) is 9.86. The molecule has 0 aliphatic rings. The van der Waals surface area contributed by atoms with Crippen LogP contribution in [-0.2, 0) is 13.1 Å². The van der Waals surface area contributed by atoms with Crippen LogP contribution in [0.2, 0.25) is 10.0 Å². The molecule has 0 bridgehead atoms. The van der Waals surface area contributed by atoms with Crippen LogP contribution in [-0.4, -0.2) is 48.5 Å². The summed E-state index contributed by atoms with van der Waals surface area (Å²) in [6.45, 7) is 2.13. The molecule has 2 N–H and O–H groups in total. The van der Waals surface area contributed by atoms with Gasteiger partial charge in [0.05, 0.1) is 11.4 Å². The normalized spacial score (nSPS) is 11.7. The summed E-state index contributed by atoms with van der Waals surface area (Å²) in [4.78, 5) is 20.2. The first kappa shape index (κ1) is 33.3. The molecule has 0 atom stereocenters. The fourth-order valence-corrected chi connectivity index (χ4v) is 5.55. The van der Waals surface area contributed by atoms with Gasteiger partial charge in [-0.05, 0) is 86.0 Å². The standard InChI is InChI=1S/C31H28BrCl2F3N4OS/c1-41(2)14-13-38-18-28-21(17-39-30(42)20-5-10-24(11-6-20)43-31(35,36)37)15-26(25-12-9-23(33)16-27(25)34)29(40-28)19-3-7-22(32)8-4-19/h3-12,15-16,38H,13-14,17-18H2,1-2H3,(H,39,42). The number of amides is 1. The predicted octanol–water partition coefficient (Wildman–Crippen LogP) is 8.68. The van der Waals surface area contributed by atoms with E-state index in [1.54, 1.807) is 12.1 Å². The van der Waals surface area contributed by atoms with Crippen molar-refractivity contribution in [3.8, 4) is 22.4 Å². The van der Waals surface area contributed by atoms with Crippen LogP contribution >= 0.6 is 50.9 Å². The number of carbonyl (C=O) groups excluding carboxylic acids is 1. The van der Waals surface area contributed by atoms with Gasteiger partial charge in [0.25, 0.3) is 5.91 Å². The molecule has 0 saturated carbocycles. The van der Waals surface area contributed by atoms with Gasteiger partial charge in [-0.1, -0.05) is 57.3 Å². The van der Waals surface area contributed by atoms with Crippen LogP contribution in [0.15, 0.2) is 82.2 Å². The zero-order chi connectivity index (χ0) is 31.1. The van der Waals surface area contributed by atoms with E-state index in [1.165, 1.54) is 24.3 Å². The summed E-state index contributed by atoms with van der Waals surface area (Å²) in [6, 6.07) is 20.3. The van der Waals surface area contributed by atoms with E-state index in [-0.39, 0.29) is 28.8 Å². The molecular weight excluding hydrogens is 684 g/mol. The second kappa shape index (κ2) is 14.9. The molecule has 1 amide bonds. The molecule has 4 aromatic rings. The van der Waals surface area contributed by atoms with Gasteiger partial charge in [-0.3, -0.25) is 9.78 Å². The van der Waals surface area contributed by atoms with Crippen molar-refractivity contribution in [1.29, 1.82) is 0 Å². The summed E-state index contributed by atoms with van der Waals surface area (Å²) < 4.78 is 39.0. The number of rotatable bonds is 11. The van der Waals surface area contributed by atoms with Crippen LogP contribution in [0.25, 0.3) is 22.4 Å². The number of benzene rings is 3. The highest BCUT2D eigenvalue weighted by molar-refractivity contribution is 9.10. The average molecular weight is 712 g/mol. The maximum absolute atomic E-state index is 13.0. The van der Waals surface area contributed by atoms with Crippen molar-refractivity contribution < 1.29 is 18.0 Å². The maximum Gasteiger partial charge on any atom is 0.446 e. The van der Waals surface area contributed by atoms with Gasteiger partial charge in [-0.15, -0.1) is 0 Å². The Morgan fingerprint density at radius 3 is 2.28 bits per heavy atom. The van der Waals surface area contributed by atoms with Gasteiger partial charge < -0.3 is 15.5 Å². The summed E-state index contributed by atoms with van der Waals surface area (Å²) in [6.07, 6.45) is 0. The van der Waals surface area contributed by atoms with E-state index in [1.807, 2.05) is 50.5 Å². The Balaban J connectivity index is 1.70. The number of carbonyl (C=O) groups is 1. The van der Waals surface area contributed by atoms with Crippen molar-refractivity contribution in [1.82, 2.24) is 20.5 Å². The molecule has 0 saturated heterocycles. The lowest BCUT2D eigenvalue weighted by molar-refractivity contribution is -0.0328. The van der Waals surface area contributed by atoms with E-state index in [0.717, 1.165) is 45.5 Å². The molecule has 3 aromatic carbocycles. The van der Waals surface area contributed by atoms with Crippen LogP contribution in [0.4, 0.5) is 13.2 Å². The molecule has 0 aliphatic carbocycles. The molecule has 1 heterocycles. The Hall–Kier alpha value is -2.60. The average Bonchev–Trinajstić information content (AvgIpc) is 2.94. The summed E-state index contributed by atoms with van der Waals surface area (Å²) in [7, 11) is 3.98. The first-order valence-corrected chi connectivity index (χ1v) is 15.5. The number of thioether (sulfide) groups is 1. The zero-order valence-electron chi connectivity index (χ0n) is 23.2. The Labute approximate surface area is 271 Å². The van der Waals surface area contributed by atoms with Gasteiger partial charge in [-0.2, -0.15) is 13.2 Å². The topological polar surface area (TPSA) is 57.3 Å². The molecule has 0 radical (unpaired) electrons. The Morgan fingerprint density at radius 2 is 1.65 bits per heavy atom. The van der Waals surface area contributed by atoms with E-state index >= 15 is 0 Å². The SMILES string of the molecule is CN(C)CCNCc1nc(-c2ccc(Br)cc2)c(-c2ccc(Cl)cc2Cl)cc1CNC(=O)c1ccc(SC(F)(F)F)cc1. The van der Waals surface area contributed by atoms with Crippen LogP contribution in [0, 0.1) is 0 Å². The fraction of sp³-hybridized carbons (Fsp3) is 0.226. The first-order valence-electron chi connectivity index (χ1n) is 13.1. The van der Waals surface area contributed by atoms with Crippen LogP contribution in [0.3, 0.4) is 0 Å². The first-order chi connectivity index (χ1) is 20.4. The fourth-order valence-electron chi connectivity index (χ4n) is 4.24. The van der Waals surface area contributed by atoms with Crippen LogP contribution < -0.4 is 10.6 Å². The van der Waals surface area contributed by atoms with Gasteiger partial charge in [0.2, 0.25) is 0 Å². The van der Waals surface area contributed by atoms with E-state index < -0.39 is 11.4 Å². The molecule has 4 rings (SSSR count). The Kier molecular flexibility index (Phi) is 11.6. The minimum Gasteiger partial charge on any atom is -0.348 e. The summed E-state index contributed by atoms with van der Waals surface area (Å²) in [5.41, 5.74) is 0.436. The van der Waals surface area contributed by atoms with E-state index in [0.29, 0.717) is 22.3 Å². The lowest BCUT2D eigenvalue weighted by Crippen LogP contribution is -2.28. The maximum atomic E-state index is 13.0. The van der Waals surface area contributed by atoms with Crippen molar-refractivity contribution in [2.75, 3.05) is 27.2 Å². The third kappa shape index (κ3) is 9.69. The minimum absolute atomic E-state index is 0.00681. The van der Waals surface area contributed by atoms with Crippen LogP contribution in [0.1, 0.15) is 21.6 Å². The molecule has 0 fully saturated rings. The highest BCUT2D eigenvalue weighted by Crippen LogP contribution is 2.38. The number of hydrogen-bond donors (Lipinski definition) is 2. The van der Waals surface area contributed by atoms with Crippen LogP contribution in [0.5, 0.6) is 0 Å². The Bertz CT molecular complexity index is 1570. The number of halogens is 6. The number of nitrogens with zero attached hydrogens (tertiary/aromatic N) is 2. The molecule has 0 spiro atoms. The number of likely N-dealkylation sites (N-methyl/N-ethyl adjacent to an activating group) is 1. The zero-order valence-corrected chi connectivity index (χ0v) is 27.1. The van der Waals surface area contributed by atoms with Crippen molar-refractivity contribution >= 4 is 56.8 Å². The van der Waals surface area contributed by atoms with Gasteiger partial charge in [0.15, 0.2) is 0 Å². The minimum atomic E-state index is -4.40. The highest BCUT2D eigenvalue weighted by Gasteiger charge is 2.29.